The van der Waals surface area contributed by atoms with Crippen LogP contribution in [0.1, 0.15) is 42.4 Å². The van der Waals surface area contributed by atoms with Crippen molar-refractivity contribution in [1.29, 1.82) is 0 Å². The van der Waals surface area contributed by atoms with Gasteiger partial charge in [0, 0.05) is 18.2 Å². The summed E-state index contributed by atoms with van der Waals surface area (Å²) in [7, 11) is 1.70. The molecule has 1 aromatic rings. The lowest BCUT2D eigenvalue weighted by Crippen LogP contribution is -2.46. The van der Waals surface area contributed by atoms with Crippen molar-refractivity contribution in [2.24, 2.45) is 0 Å². The number of methoxy groups -OCH3 is 1. The van der Waals surface area contributed by atoms with Crippen molar-refractivity contribution < 1.29 is 9.84 Å². The molecule has 3 rings (SSSR count). The van der Waals surface area contributed by atoms with E-state index in [1.54, 1.807) is 7.11 Å². The SMILES string of the molecule is COc1cc(C)cc(C)c1C1(O)CCN2CCCC2C1. The van der Waals surface area contributed by atoms with Crippen LogP contribution in [0.5, 0.6) is 5.75 Å². The number of benzene rings is 1. The Bertz CT molecular complexity index is 514. The molecule has 110 valence electrons. The molecule has 0 amide bonds. The van der Waals surface area contributed by atoms with E-state index in [9.17, 15) is 5.11 Å². The molecular formula is C17H25NO2. The van der Waals surface area contributed by atoms with Crippen molar-refractivity contribution in [1.82, 2.24) is 4.90 Å². The van der Waals surface area contributed by atoms with Crippen LogP contribution in [0.2, 0.25) is 0 Å². The van der Waals surface area contributed by atoms with Crippen molar-refractivity contribution in [3.05, 3.63) is 28.8 Å². The molecule has 20 heavy (non-hydrogen) atoms. The van der Waals surface area contributed by atoms with E-state index in [1.807, 2.05) is 6.07 Å². The molecule has 0 aromatic heterocycles. The fraction of sp³-hybridized carbons (Fsp3) is 0.647. The third-order valence-electron chi connectivity index (χ3n) is 5.01. The van der Waals surface area contributed by atoms with E-state index in [4.69, 9.17) is 4.74 Å². The van der Waals surface area contributed by atoms with E-state index in [0.717, 1.165) is 36.3 Å². The molecule has 2 saturated heterocycles. The van der Waals surface area contributed by atoms with Crippen LogP contribution in [-0.4, -0.2) is 36.2 Å². The summed E-state index contributed by atoms with van der Waals surface area (Å²) in [5.74, 6) is 0.844. The lowest BCUT2D eigenvalue weighted by Gasteiger charge is -2.42. The van der Waals surface area contributed by atoms with Crippen LogP contribution in [0.15, 0.2) is 12.1 Å². The number of nitrogens with zero attached hydrogens (tertiary/aromatic N) is 1. The van der Waals surface area contributed by atoms with Gasteiger partial charge in [0.2, 0.25) is 0 Å². The maximum Gasteiger partial charge on any atom is 0.125 e. The molecule has 1 aromatic carbocycles. The van der Waals surface area contributed by atoms with E-state index >= 15 is 0 Å². The van der Waals surface area contributed by atoms with Gasteiger partial charge in [0.15, 0.2) is 0 Å². The number of piperidine rings is 1. The van der Waals surface area contributed by atoms with Crippen molar-refractivity contribution in [2.45, 2.75) is 51.2 Å². The van der Waals surface area contributed by atoms with Crippen LogP contribution >= 0.6 is 0 Å². The summed E-state index contributed by atoms with van der Waals surface area (Å²) in [5, 5.41) is 11.3. The Hall–Kier alpha value is -1.06. The zero-order valence-corrected chi connectivity index (χ0v) is 12.8. The molecule has 2 heterocycles. The maximum atomic E-state index is 11.3. The monoisotopic (exact) mass is 275 g/mol. The minimum absolute atomic E-state index is 0.541. The minimum atomic E-state index is -0.728. The molecule has 3 nitrogen and oxygen atoms in total. The second-order valence-corrected chi connectivity index (χ2v) is 6.48. The highest BCUT2D eigenvalue weighted by atomic mass is 16.5. The molecule has 2 aliphatic rings. The Morgan fingerprint density at radius 2 is 2.10 bits per heavy atom. The molecule has 0 spiro atoms. The highest BCUT2D eigenvalue weighted by Crippen LogP contribution is 2.44. The largest absolute Gasteiger partial charge is 0.496 e. The summed E-state index contributed by atoms with van der Waals surface area (Å²) in [6, 6.07) is 4.73. The number of rotatable bonds is 2. The van der Waals surface area contributed by atoms with Crippen LogP contribution < -0.4 is 4.74 Å². The van der Waals surface area contributed by atoms with Crippen LogP contribution in [-0.2, 0) is 5.60 Å². The topological polar surface area (TPSA) is 32.7 Å². The first-order valence-electron chi connectivity index (χ1n) is 7.65. The van der Waals surface area contributed by atoms with E-state index in [1.165, 1.54) is 24.9 Å². The van der Waals surface area contributed by atoms with Gasteiger partial charge in [-0.3, -0.25) is 0 Å². The highest BCUT2D eigenvalue weighted by molar-refractivity contribution is 5.47. The fourth-order valence-electron chi connectivity index (χ4n) is 4.15. The second kappa shape index (κ2) is 5.05. The van der Waals surface area contributed by atoms with E-state index in [2.05, 4.69) is 24.8 Å². The zero-order chi connectivity index (χ0) is 14.3. The number of hydrogen-bond acceptors (Lipinski definition) is 3. The quantitative estimate of drug-likeness (QED) is 0.901. The fourth-order valence-corrected chi connectivity index (χ4v) is 4.15. The third-order valence-corrected chi connectivity index (χ3v) is 5.01. The predicted molar refractivity (Wildman–Crippen MR) is 80.2 cm³/mol. The average molecular weight is 275 g/mol. The first-order valence-corrected chi connectivity index (χ1v) is 7.65. The number of hydrogen-bond donors (Lipinski definition) is 1. The average Bonchev–Trinajstić information content (AvgIpc) is 2.84. The van der Waals surface area contributed by atoms with E-state index < -0.39 is 5.60 Å². The van der Waals surface area contributed by atoms with Crippen LogP contribution in [0, 0.1) is 13.8 Å². The van der Waals surface area contributed by atoms with Crippen molar-refractivity contribution in [3.63, 3.8) is 0 Å². The summed E-state index contributed by atoms with van der Waals surface area (Å²) in [4.78, 5) is 2.53. The Labute approximate surface area is 121 Å². The van der Waals surface area contributed by atoms with Gasteiger partial charge in [0.25, 0.3) is 0 Å². The maximum absolute atomic E-state index is 11.3. The molecule has 0 bridgehead atoms. The molecule has 2 unspecified atom stereocenters. The Balaban J connectivity index is 1.99. The van der Waals surface area contributed by atoms with Gasteiger partial charge in [-0.25, -0.2) is 0 Å². The Morgan fingerprint density at radius 1 is 1.30 bits per heavy atom. The highest BCUT2D eigenvalue weighted by Gasteiger charge is 2.43. The van der Waals surface area contributed by atoms with Crippen LogP contribution in [0.25, 0.3) is 0 Å². The molecule has 0 radical (unpaired) electrons. The molecule has 3 heteroatoms. The smallest absolute Gasteiger partial charge is 0.125 e. The standard InChI is InChI=1S/C17H25NO2/c1-12-9-13(2)16(15(10-12)20-3)17(19)6-8-18-7-4-5-14(18)11-17/h9-10,14,19H,4-8,11H2,1-3H3. The first kappa shape index (κ1) is 13.9. The van der Waals surface area contributed by atoms with Gasteiger partial charge in [-0.1, -0.05) is 6.07 Å². The van der Waals surface area contributed by atoms with Gasteiger partial charge in [-0.05, 0) is 63.3 Å². The zero-order valence-electron chi connectivity index (χ0n) is 12.8. The lowest BCUT2D eigenvalue weighted by molar-refractivity contribution is -0.0427. The molecule has 2 atom stereocenters. The minimum Gasteiger partial charge on any atom is -0.496 e. The molecule has 0 aliphatic carbocycles. The predicted octanol–water partition coefficient (Wildman–Crippen LogP) is 2.76. The molecule has 1 N–H and O–H groups in total. The molecule has 0 saturated carbocycles. The Morgan fingerprint density at radius 3 is 2.85 bits per heavy atom. The van der Waals surface area contributed by atoms with Gasteiger partial charge in [-0.15, -0.1) is 0 Å². The third kappa shape index (κ3) is 2.23. The summed E-state index contributed by atoms with van der Waals surface area (Å²) < 4.78 is 5.56. The lowest BCUT2D eigenvalue weighted by atomic mass is 9.78. The van der Waals surface area contributed by atoms with E-state index in [0.29, 0.717) is 6.04 Å². The number of fused-ring (bicyclic) bond motifs is 1. The molecule has 2 fully saturated rings. The van der Waals surface area contributed by atoms with Crippen molar-refractivity contribution in [3.8, 4) is 5.75 Å². The van der Waals surface area contributed by atoms with Crippen LogP contribution in [0.4, 0.5) is 0 Å². The van der Waals surface area contributed by atoms with Gasteiger partial charge >= 0.3 is 0 Å². The first-order chi connectivity index (χ1) is 9.53. The summed E-state index contributed by atoms with van der Waals surface area (Å²) in [6.07, 6.45) is 4.14. The summed E-state index contributed by atoms with van der Waals surface area (Å²) in [5.41, 5.74) is 2.62. The number of aliphatic hydroxyl groups is 1. The summed E-state index contributed by atoms with van der Waals surface area (Å²) >= 11 is 0. The van der Waals surface area contributed by atoms with Crippen molar-refractivity contribution in [2.75, 3.05) is 20.2 Å². The van der Waals surface area contributed by atoms with Gasteiger partial charge in [0.05, 0.1) is 12.7 Å². The van der Waals surface area contributed by atoms with Gasteiger partial charge < -0.3 is 14.7 Å². The van der Waals surface area contributed by atoms with Crippen molar-refractivity contribution >= 4 is 0 Å². The normalized spacial score (nSPS) is 30.3. The molecular weight excluding hydrogens is 250 g/mol. The summed E-state index contributed by atoms with van der Waals surface area (Å²) in [6.45, 7) is 6.36. The Kier molecular flexibility index (Phi) is 3.51. The van der Waals surface area contributed by atoms with Crippen LogP contribution in [0.3, 0.4) is 0 Å². The van der Waals surface area contributed by atoms with Gasteiger partial charge in [-0.2, -0.15) is 0 Å². The van der Waals surface area contributed by atoms with E-state index in [-0.39, 0.29) is 0 Å². The second-order valence-electron chi connectivity index (χ2n) is 6.48. The number of ether oxygens (including phenoxy) is 1. The molecule has 2 aliphatic heterocycles. The van der Waals surface area contributed by atoms with Gasteiger partial charge in [0.1, 0.15) is 5.75 Å². The number of aryl methyl sites for hydroxylation is 2.